The number of hydrogen-bond acceptors (Lipinski definition) is 6. The second-order valence-corrected chi connectivity index (χ2v) is 10.8. The molecular weight excluding hydrogens is 454 g/mol. The lowest BCUT2D eigenvalue weighted by Crippen LogP contribution is -2.33. The Morgan fingerprint density at radius 1 is 1.10 bits per heavy atom. The van der Waals surface area contributed by atoms with Gasteiger partial charge in [-0.25, -0.2) is 13.4 Å². The van der Waals surface area contributed by atoms with Gasteiger partial charge >= 0.3 is 0 Å². The Bertz CT molecular complexity index is 1190. The summed E-state index contributed by atoms with van der Waals surface area (Å²) < 4.78 is 24.9. The van der Waals surface area contributed by atoms with Gasteiger partial charge in [0.1, 0.15) is 0 Å². The quantitative estimate of drug-likeness (QED) is 0.502. The zero-order chi connectivity index (χ0) is 22.1. The lowest BCUT2D eigenvalue weighted by molar-refractivity contribution is 0.0986. The summed E-state index contributed by atoms with van der Waals surface area (Å²) in [5.74, 6) is -0.243. The average molecular weight is 482 g/mol. The number of rotatable bonds is 7. The maximum atomic E-state index is 13.4. The fraction of sp³-hybridized carbons (Fsp3) is 0.364. The summed E-state index contributed by atoms with van der Waals surface area (Å²) in [5.41, 5.74) is 3.48. The number of hydrogen-bond donors (Lipinski definition) is 0. The number of sulfone groups is 1. The van der Waals surface area contributed by atoms with Crippen molar-refractivity contribution in [2.24, 2.45) is 0 Å². The molecule has 0 N–H and O–H groups in total. The highest BCUT2D eigenvalue weighted by Crippen LogP contribution is 2.33. The van der Waals surface area contributed by atoms with E-state index in [4.69, 9.17) is 4.98 Å². The predicted molar refractivity (Wildman–Crippen MR) is 131 cm³/mol. The van der Waals surface area contributed by atoms with E-state index in [-0.39, 0.29) is 23.2 Å². The molecule has 0 aliphatic rings. The molecule has 1 amide bonds. The van der Waals surface area contributed by atoms with Crippen LogP contribution in [0.25, 0.3) is 10.2 Å². The summed E-state index contributed by atoms with van der Waals surface area (Å²) in [7, 11) is 0.585. The van der Waals surface area contributed by atoms with Crippen LogP contribution in [0.2, 0.25) is 0 Å². The van der Waals surface area contributed by atoms with Gasteiger partial charge in [0, 0.05) is 18.4 Å². The van der Waals surface area contributed by atoms with Gasteiger partial charge in [-0.1, -0.05) is 23.5 Å². The second-order valence-electron chi connectivity index (χ2n) is 7.84. The minimum absolute atomic E-state index is 0. The Morgan fingerprint density at radius 3 is 2.45 bits per heavy atom. The molecule has 0 saturated carbocycles. The lowest BCUT2D eigenvalue weighted by Gasteiger charge is -2.21. The van der Waals surface area contributed by atoms with E-state index in [1.807, 2.05) is 34.0 Å². The SMILES string of the molecule is Cc1cc(C)c2sc(N(CCCN(C)C)C(=O)c3cccc(S(C)(=O)=O)c3)nc2c1.Cl. The van der Waals surface area contributed by atoms with Crippen LogP contribution in [0.5, 0.6) is 0 Å². The molecule has 1 aromatic heterocycles. The Labute approximate surface area is 194 Å². The molecule has 0 fully saturated rings. The minimum Gasteiger partial charge on any atom is -0.309 e. The van der Waals surface area contributed by atoms with Gasteiger partial charge < -0.3 is 4.90 Å². The maximum Gasteiger partial charge on any atom is 0.260 e. The number of nitrogens with zero attached hydrogens (tertiary/aromatic N) is 3. The number of halogens is 1. The first kappa shape index (κ1) is 25.3. The van der Waals surface area contributed by atoms with E-state index >= 15 is 0 Å². The minimum atomic E-state index is -3.40. The largest absolute Gasteiger partial charge is 0.309 e. The highest BCUT2D eigenvalue weighted by molar-refractivity contribution is 7.90. The van der Waals surface area contributed by atoms with Crippen LogP contribution in [-0.4, -0.2) is 57.6 Å². The van der Waals surface area contributed by atoms with E-state index < -0.39 is 9.84 Å². The van der Waals surface area contributed by atoms with E-state index in [1.165, 1.54) is 23.5 Å². The van der Waals surface area contributed by atoms with Crippen molar-refractivity contribution in [3.8, 4) is 0 Å². The van der Waals surface area contributed by atoms with Crippen molar-refractivity contribution in [3.05, 3.63) is 53.1 Å². The first-order chi connectivity index (χ1) is 14.1. The number of thiazole rings is 1. The Morgan fingerprint density at radius 2 is 1.81 bits per heavy atom. The summed E-state index contributed by atoms with van der Waals surface area (Å²) in [6.45, 7) is 5.40. The van der Waals surface area contributed by atoms with Gasteiger partial charge in [-0.05, 0) is 76.3 Å². The zero-order valence-electron chi connectivity index (χ0n) is 18.4. The zero-order valence-corrected chi connectivity index (χ0v) is 20.8. The Kier molecular flexibility index (Phi) is 8.21. The molecule has 0 aliphatic carbocycles. The van der Waals surface area contributed by atoms with Crippen molar-refractivity contribution in [2.45, 2.75) is 25.2 Å². The lowest BCUT2D eigenvalue weighted by atomic mass is 10.1. The molecule has 0 unspecified atom stereocenters. The van der Waals surface area contributed by atoms with E-state index in [0.29, 0.717) is 17.2 Å². The molecular formula is C22H28ClN3O3S2. The molecule has 9 heteroatoms. The van der Waals surface area contributed by atoms with Crippen molar-refractivity contribution >= 4 is 54.8 Å². The smallest absolute Gasteiger partial charge is 0.260 e. The van der Waals surface area contributed by atoms with Crippen LogP contribution in [-0.2, 0) is 9.84 Å². The third kappa shape index (κ3) is 6.04. The van der Waals surface area contributed by atoms with Crippen LogP contribution in [0.3, 0.4) is 0 Å². The highest BCUT2D eigenvalue weighted by Gasteiger charge is 2.23. The number of aromatic nitrogens is 1. The number of carbonyl (C=O) groups excluding carboxylic acids is 1. The molecule has 2 aromatic carbocycles. The monoisotopic (exact) mass is 481 g/mol. The first-order valence-corrected chi connectivity index (χ1v) is 12.4. The van der Waals surface area contributed by atoms with E-state index in [0.717, 1.165) is 40.6 Å². The van der Waals surface area contributed by atoms with Gasteiger partial charge in [0.15, 0.2) is 15.0 Å². The third-order valence-electron chi connectivity index (χ3n) is 4.78. The number of benzene rings is 2. The maximum absolute atomic E-state index is 13.4. The molecule has 1 heterocycles. The van der Waals surface area contributed by atoms with Crippen LogP contribution in [0.15, 0.2) is 41.3 Å². The fourth-order valence-electron chi connectivity index (χ4n) is 3.33. The van der Waals surface area contributed by atoms with Gasteiger partial charge in [-0.2, -0.15) is 0 Å². The number of amides is 1. The van der Waals surface area contributed by atoms with Gasteiger partial charge in [0.05, 0.1) is 15.1 Å². The van der Waals surface area contributed by atoms with E-state index in [9.17, 15) is 13.2 Å². The first-order valence-electron chi connectivity index (χ1n) is 9.71. The molecule has 0 spiro atoms. The number of carbonyl (C=O) groups is 1. The average Bonchev–Trinajstić information content (AvgIpc) is 3.08. The number of anilines is 1. The normalized spacial score (nSPS) is 11.5. The molecule has 3 rings (SSSR count). The van der Waals surface area contributed by atoms with Crippen molar-refractivity contribution in [1.82, 2.24) is 9.88 Å². The van der Waals surface area contributed by atoms with E-state index in [1.54, 1.807) is 17.0 Å². The summed E-state index contributed by atoms with van der Waals surface area (Å²) in [6.07, 6.45) is 1.92. The van der Waals surface area contributed by atoms with Crippen LogP contribution < -0.4 is 4.90 Å². The van der Waals surface area contributed by atoms with Gasteiger partial charge in [-0.3, -0.25) is 9.69 Å². The van der Waals surface area contributed by atoms with Crippen molar-refractivity contribution in [2.75, 3.05) is 38.3 Å². The van der Waals surface area contributed by atoms with Crippen LogP contribution in [0.1, 0.15) is 27.9 Å². The molecule has 0 bridgehead atoms. The summed E-state index contributed by atoms with van der Waals surface area (Å²) in [4.78, 5) is 22.0. The molecule has 168 valence electrons. The van der Waals surface area contributed by atoms with Gasteiger partial charge in [0.2, 0.25) is 0 Å². The molecule has 0 radical (unpaired) electrons. The topological polar surface area (TPSA) is 70.6 Å². The molecule has 0 atom stereocenters. The Balaban J connectivity index is 0.00000341. The molecule has 0 aliphatic heterocycles. The fourth-order valence-corrected chi connectivity index (χ4v) is 5.03. The van der Waals surface area contributed by atoms with Crippen LogP contribution in [0.4, 0.5) is 5.13 Å². The molecule has 0 saturated heterocycles. The number of fused-ring (bicyclic) bond motifs is 1. The molecule has 3 aromatic rings. The Hall–Kier alpha value is -2.00. The summed E-state index contributed by atoms with van der Waals surface area (Å²) >= 11 is 1.49. The van der Waals surface area contributed by atoms with Crippen LogP contribution >= 0.6 is 23.7 Å². The van der Waals surface area contributed by atoms with Crippen molar-refractivity contribution in [1.29, 1.82) is 0 Å². The van der Waals surface area contributed by atoms with Crippen LogP contribution in [0, 0.1) is 13.8 Å². The standard InChI is InChI=1S/C22H27N3O3S2.ClH/c1-15-12-16(2)20-19(13-15)23-22(29-20)25(11-7-10-24(3)4)21(26)17-8-6-9-18(14-17)30(5,27)28;/h6,8-9,12-14H,7,10-11H2,1-5H3;1H. The van der Waals surface area contributed by atoms with E-state index in [2.05, 4.69) is 11.0 Å². The number of aryl methyl sites for hydroxylation is 2. The molecule has 6 nitrogen and oxygen atoms in total. The van der Waals surface area contributed by atoms with Gasteiger partial charge in [-0.15, -0.1) is 12.4 Å². The predicted octanol–water partition coefficient (Wildman–Crippen LogP) is 4.34. The summed E-state index contributed by atoms with van der Waals surface area (Å²) in [6, 6.07) is 10.3. The van der Waals surface area contributed by atoms with Gasteiger partial charge in [0.25, 0.3) is 5.91 Å². The van der Waals surface area contributed by atoms with Crippen molar-refractivity contribution in [3.63, 3.8) is 0 Å². The van der Waals surface area contributed by atoms with Crippen molar-refractivity contribution < 1.29 is 13.2 Å². The second kappa shape index (κ2) is 10.1. The highest BCUT2D eigenvalue weighted by atomic mass is 35.5. The third-order valence-corrected chi connectivity index (χ3v) is 7.12. The molecule has 31 heavy (non-hydrogen) atoms. The summed E-state index contributed by atoms with van der Waals surface area (Å²) in [5, 5.41) is 0.632.